The minimum atomic E-state index is -3.71. The Hall–Kier alpha value is -1.80. The van der Waals surface area contributed by atoms with Gasteiger partial charge in [-0.1, -0.05) is 17.7 Å². The molecule has 0 radical (unpaired) electrons. The number of thioether (sulfide) groups is 1. The fourth-order valence-electron chi connectivity index (χ4n) is 2.34. The quantitative estimate of drug-likeness (QED) is 0.902. The number of nitrogens with zero attached hydrogens (tertiary/aromatic N) is 3. The number of hydrogen-bond acceptors (Lipinski definition) is 7. The van der Waals surface area contributed by atoms with Crippen LogP contribution in [-0.2, 0) is 9.84 Å². The highest BCUT2D eigenvalue weighted by Crippen LogP contribution is 2.26. The number of aromatic nitrogens is 2. The van der Waals surface area contributed by atoms with Crippen molar-refractivity contribution in [2.45, 2.75) is 16.7 Å². The molecule has 1 fully saturated rings. The Morgan fingerprint density at radius 2 is 1.83 bits per heavy atom. The first kappa shape index (κ1) is 16.1. The van der Waals surface area contributed by atoms with Crippen molar-refractivity contribution >= 4 is 33.4 Å². The summed E-state index contributed by atoms with van der Waals surface area (Å²) in [7, 11) is -3.71. The normalized spacial score (nSPS) is 15.6. The van der Waals surface area contributed by atoms with E-state index < -0.39 is 9.84 Å². The van der Waals surface area contributed by atoms with Gasteiger partial charge < -0.3 is 10.6 Å². The molecule has 0 aliphatic carbocycles. The lowest BCUT2D eigenvalue weighted by Gasteiger charge is -2.26. The average molecular weight is 350 g/mol. The van der Waals surface area contributed by atoms with Gasteiger partial charge in [0, 0.05) is 24.6 Å². The highest BCUT2D eigenvalue weighted by molar-refractivity contribution is 7.99. The second-order valence-electron chi connectivity index (χ2n) is 5.34. The van der Waals surface area contributed by atoms with Crippen LogP contribution in [-0.4, -0.2) is 43.0 Å². The molecule has 0 bridgehead atoms. The fraction of sp³-hybridized carbons (Fsp3) is 0.333. The molecular formula is C15H18N4O2S2. The number of nitrogens with two attached hydrogens (primary N) is 1. The maximum Gasteiger partial charge on any atom is 0.227 e. The lowest BCUT2D eigenvalue weighted by atomic mass is 10.2. The van der Waals surface area contributed by atoms with Crippen LogP contribution in [0.25, 0.3) is 0 Å². The molecule has 1 aliphatic heterocycles. The van der Waals surface area contributed by atoms with E-state index in [0.29, 0.717) is 5.95 Å². The molecule has 1 saturated heterocycles. The molecule has 3 rings (SSSR count). The molecular weight excluding hydrogens is 332 g/mol. The van der Waals surface area contributed by atoms with E-state index >= 15 is 0 Å². The average Bonchev–Trinajstić information content (AvgIpc) is 2.56. The highest BCUT2D eigenvalue weighted by atomic mass is 32.2. The number of rotatable bonds is 3. The SMILES string of the molecule is Cc1ccc(S(=O)(=O)c2cnc(N3CCSCC3)nc2N)cc1. The molecule has 1 aliphatic rings. The van der Waals surface area contributed by atoms with Crippen molar-refractivity contribution in [3.05, 3.63) is 36.0 Å². The highest BCUT2D eigenvalue weighted by Gasteiger charge is 2.23. The van der Waals surface area contributed by atoms with Crippen molar-refractivity contribution in [1.29, 1.82) is 0 Å². The van der Waals surface area contributed by atoms with E-state index in [-0.39, 0.29) is 15.6 Å². The van der Waals surface area contributed by atoms with E-state index in [1.54, 1.807) is 24.3 Å². The molecule has 2 aromatic rings. The molecule has 1 aromatic heterocycles. The van der Waals surface area contributed by atoms with Crippen LogP contribution in [0.1, 0.15) is 5.56 Å². The van der Waals surface area contributed by atoms with E-state index in [1.165, 1.54) is 6.20 Å². The van der Waals surface area contributed by atoms with Crippen LogP contribution in [0.5, 0.6) is 0 Å². The number of aryl methyl sites for hydroxylation is 1. The minimum Gasteiger partial charge on any atom is -0.382 e. The third-order valence-electron chi connectivity index (χ3n) is 3.68. The number of hydrogen-bond donors (Lipinski definition) is 1. The summed E-state index contributed by atoms with van der Waals surface area (Å²) in [5.74, 6) is 2.50. The smallest absolute Gasteiger partial charge is 0.227 e. The summed E-state index contributed by atoms with van der Waals surface area (Å²) in [6.07, 6.45) is 1.31. The predicted octanol–water partition coefficient (Wildman–Crippen LogP) is 1.75. The van der Waals surface area contributed by atoms with Gasteiger partial charge in [0.15, 0.2) is 0 Å². The van der Waals surface area contributed by atoms with Gasteiger partial charge in [0.25, 0.3) is 0 Å². The minimum absolute atomic E-state index is 0.00574. The molecule has 0 spiro atoms. The first-order chi connectivity index (χ1) is 11.0. The summed E-state index contributed by atoms with van der Waals surface area (Å²) in [5.41, 5.74) is 6.91. The Bertz CT molecular complexity index is 801. The van der Waals surface area contributed by atoms with Crippen molar-refractivity contribution in [2.24, 2.45) is 0 Å². The molecule has 2 heterocycles. The van der Waals surface area contributed by atoms with Gasteiger partial charge in [0.1, 0.15) is 10.7 Å². The zero-order valence-electron chi connectivity index (χ0n) is 12.8. The zero-order valence-corrected chi connectivity index (χ0v) is 14.4. The van der Waals surface area contributed by atoms with Crippen molar-refractivity contribution < 1.29 is 8.42 Å². The van der Waals surface area contributed by atoms with Gasteiger partial charge >= 0.3 is 0 Å². The molecule has 1 aromatic carbocycles. The van der Waals surface area contributed by atoms with E-state index in [2.05, 4.69) is 9.97 Å². The van der Waals surface area contributed by atoms with Crippen molar-refractivity contribution in [2.75, 3.05) is 35.2 Å². The molecule has 2 N–H and O–H groups in total. The van der Waals surface area contributed by atoms with Crippen LogP contribution in [0.15, 0.2) is 40.3 Å². The number of benzene rings is 1. The first-order valence-electron chi connectivity index (χ1n) is 7.25. The van der Waals surface area contributed by atoms with E-state index in [1.807, 2.05) is 23.6 Å². The molecule has 0 saturated carbocycles. The van der Waals surface area contributed by atoms with Gasteiger partial charge in [-0.2, -0.15) is 16.7 Å². The van der Waals surface area contributed by atoms with Gasteiger partial charge in [-0.25, -0.2) is 13.4 Å². The Morgan fingerprint density at radius 3 is 2.43 bits per heavy atom. The van der Waals surface area contributed by atoms with Crippen LogP contribution >= 0.6 is 11.8 Å². The van der Waals surface area contributed by atoms with Crippen molar-refractivity contribution in [3.63, 3.8) is 0 Å². The summed E-state index contributed by atoms with van der Waals surface area (Å²) in [6.45, 7) is 3.59. The largest absolute Gasteiger partial charge is 0.382 e. The molecule has 0 unspecified atom stereocenters. The Morgan fingerprint density at radius 1 is 1.17 bits per heavy atom. The predicted molar refractivity (Wildman–Crippen MR) is 92.6 cm³/mol. The fourth-order valence-corrected chi connectivity index (χ4v) is 4.51. The monoisotopic (exact) mass is 350 g/mol. The van der Waals surface area contributed by atoms with E-state index in [9.17, 15) is 8.42 Å². The van der Waals surface area contributed by atoms with Gasteiger partial charge in [0.05, 0.1) is 11.1 Å². The Labute approximate surface area is 140 Å². The Balaban J connectivity index is 1.95. The summed E-state index contributed by atoms with van der Waals surface area (Å²) in [4.78, 5) is 10.6. The van der Waals surface area contributed by atoms with Crippen LogP contribution in [0, 0.1) is 6.92 Å². The van der Waals surface area contributed by atoms with E-state index in [0.717, 1.165) is 30.2 Å². The standard InChI is InChI=1S/C15H18N4O2S2/c1-11-2-4-12(5-3-11)23(20,21)13-10-17-15(18-14(13)16)19-6-8-22-9-7-19/h2-5,10H,6-9H2,1H3,(H2,16,17,18). The van der Waals surface area contributed by atoms with Crippen molar-refractivity contribution in [3.8, 4) is 0 Å². The zero-order chi connectivity index (χ0) is 16.4. The number of anilines is 2. The first-order valence-corrected chi connectivity index (χ1v) is 9.89. The molecule has 6 nitrogen and oxygen atoms in total. The maximum atomic E-state index is 12.7. The molecule has 0 amide bonds. The second kappa shape index (κ2) is 6.37. The molecule has 23 heavy (non-hydrogen) atoms. The summed E-state index contributed by atoms with van der Waals surface area (Å²) in [6, 6.07) is 6.65. The lowest BCUT2D eigenvalue weighted by molar-refractivity contribution is 0.595. The summed E-state index contributed by atoms with van der Waals surface area (Å²) < 4.78 is 25.4. The number of nitrogen functional groups attached to an aromatic ring is 1. The summed E-state index contributed by atoms with van der Waals surface area (Å²) >= 11 is 1.88. The molecule has 122 valence electrons. The van der Waals surface area contributed by atoms with Crippen LogP contribution in [0.2, 0.25) is 0 Å². The van der Waals surface area contributed by atoms with Crippen LogP contribution in [0.4, 0.5) is 11.8 Å². The molecule has 0 atom stereocenters. The van der Waals surface area contributed by atoms with E-state index in [4.69, 9.17) is 5.73 Å². The molecule has 8 heteroatoms. The summed E-state index contributed by atoms with van der Waals surface area (Å²) in [5, 5.41) is 0. The van der Waals surface area contributed by atoms with Gasteiger partial charge in [-0.05, 0) is 19.1 Å². The maximum absolute atomic E-state index is 12.7. The van der Waals surface area contributed by atoms with Gasteiger partial charge in [-0.3, -0.25) is 0 Å². The third-order valence-corrected chi connectivity index (χ3v) is 6.41. The third kappa shape index (κ3) is 3.28. The second-order valence-corrected chi connectivity index (χ2v) is 8.48. The van der Waals surface area contributed by atoms with Crippen molar-refractivity contribution in [1.82, 2.24) is 9.97 Å². The lowest BCUT2D eigenvalue weighted by Crippen LogP contribution is -2.34. The van der Waals surface area contributed by atoms with Crippen LogP contribution in [0.3, 0.4) is 0 Å². The number of sulfone groups is 1. The topological polar surface area (TPSA) is 89.2 Å². The van der Waals surface area contributed by atoms with Gasteiger partial charge in [-0.15, -0.1) is 0 Å². The van der Waals surface area contributed by atoms with Gasteiger partial charge in [0.2, 0.25) is 15.8 Å². The van der Waals surface area contributed by atoms with Crippen LogP contribution < -0.4 is 10.6 Å². The Kier molecular flexibility index (Phi) is 4.45.